The van der Waals surface area contributed by atoms with Crippen LogP contribution >= 0.6 is 0 Å². The number of nitrogen functional groups attached to an aromatic ring is 1. The van der Waals surface area contributed by atoms with E-state index in [1.165, 1.54) is 6.07 Å². The molecule has 1 aliphatic heterocycles. The second-order valence-electron chi connectivity index (χ2n) is 5.60. The zero-order chi connectivity index (χ0) is 15.5. The van der Waals surface area contributed by atoms with Crippen LogP contribution in [0, 0.1) is 6.92 Å². The van der Waals surface area contributed by atoms with Crippen molar-refractivity contribution in [1.82, 2.24) is 4.90 Å². The van der Waals surface area contributed by atoms with E-state index >= 15 is 0 Å². The molecule has 0 bridgehead atoms. The molecule has 1 aromatic carbocycles. The molecular weight excluding hydrogens is 288 g/mol. The number of likely N-dealkylation sites (tertiary alicyclic amines) is 1. The van der Waals surface area contributed by atoms with Crippen LogP contribution in [0.25, 0.3) is 0 Å². The van der Waals surface area contributed by atoms with Crippen molar-refractivity contribution in [3.05, 3.63) is 23.8 Å². The summed E-state index contributed by atoms with van der Waals surface area (Å²) in [5.41, 5.74) is 6.88. The number of carbonyl (C=O) groups is 1. The molecule has 1 amide bonds. The van der Waals surface area contributed by atoms with E-state index in [9.17, 15) is 13.2 Å². The number of nitrogens with zero attached hydrogens (tertiary/aromatic N) is 1. The molecule has 0 radical (unpaired) electrons. The molecule has 21 heavy (non-hydrogen) atoms. The van der Waals surface area contributed by atoms with Gasteiger partial charge in [0.15, 0.2) is 9.84 Å². The molecule has 2 rings (SSSR count). The van der Waals surface area contributed by atoms with Gasteiger partial charge in [0.25, 0.3) is 0 Å². The average molecular weight is 310 g/mol. The number of amides is 1. The normalized spacial score (nSPS) is 16.5. The lowest BCUT2D eigenvalue weighted by Gasteiger charge is -2.20. The van der Waals surface area contributed by atoms with E-state index < -0.39 is 15.6 Å². The standard InChI is InChI=1S/C15H22N2O3S/c1-12-6-7-14(13(16)10-12)21(19,20)11-15(18)17-8-4-2-3-5-9-17/h6-7,10H,2-5,8-9,11,16H2,1H3. The number of benzene rings is 1. The molecule has 2 N–H and O–H groups in total. The number of hydrogen-bond acceptors (Lipinski definition) is 4. The van der Waals surface area contributed by atoms with Crippen molar-refractivity contribution in [3.63, 3.8) is 0 Å². The maximum atomic E-state index is 12.4. The molecule has 116 valence electrons. The first-order valence-corrected chi connectivity index (χ1v) is 8.92. The molecule has 0 atom stereocenters. The number of nitrogens with two attached hydrogens (primary N) is 1. The molecule has 0 aliphatic carbocycles. The average Bonchev–Trinajstić information content (AvgIpc) is 2.66. The number of carbonyl (C=O) groups excluding carboxylic acids is 1. The van der Waals surface area contributed by atoms with Gasteiger partial charge in [-0.3, -0.25) is 4.79 Å². The summed E-state index contributed by atoms with van der Waals surface area (Å²) in [5, 5.41) is 0. The minimum Gasteiger partial charge on any atom is -0.398 e. The summed E-state index contributed by atoms with van der Waals surface area (Å²) in [7, 11) is -3.68. The predicted octanol–water partition coefficient (Wildman–Crippen LogP) is 1.75. The minimum atomic E-state index is -3.68. The van der Waals surface area contributed by atoms with Crippen LogP contribution in [-0.2, 0) is 14.6 Å². The highest BCUT2D eigenvalue weighted by molar-refractivity contribution is 7.92. The van der Waals surface area contributed by atoms with Crippen LogP contribution in [0.15, 0.2) is 23.1 Å². The molecule has 0 saturated carbocycles. The number of sulfone groups is 1. The van der Waals surface area contributed by atoms with Gasteiger partial charge in [-0.25, -0.2) is 8.42 Å². The fourth-order valence-electron chi connectivity index (χ4n) is 2.60. The largest absolute Gasteiger partial charge is 0.398 e. The van der Waals surface area contributed by atoms with Crippen LogP contribution < -0.4 is 5.73 Å². The van der Waals surface area contributed by atoms with Gasteiger partial charge in [0, 0.05) is 13.1 Å². The molecule has 0 spiro atoms. The van der Waals surface area contributed by atoms with Crippen molar-refractivity contribution < 1.29 is 13.2 Å². The van der Waals surface area contributed by atoms with E-state index in [1.807, 2.05) is 6.92 Å². The number of hydrogen-bond donors (Lipinski definition) is 1. The summed E-state index contributed by atoms with van der Waals surface area (Å²) in [6.45, 7) is 3.14. The zero-order valence-corrected chi connectivity index (χ0v) is 13.2. The maximum absolute atomic E-state index is 12.4. The Balaban J connectivity index is 2.14. The van der Waals surface area contributed by atoms with Crippen molar-refractivity contribution in [1.29, 1.82) is 0 Å². The summed E-state index contributed by atoms with van der Waals surface area (Å²) < 4.78 is 24.8. The predicted molar refractivity (Wildman–Crippen MR) is 82.7 cm³/mol. The molecule has 1 heterocycles. The quantitative estimate of drug-likeness (QED) is 0.863. The summed E-state index contributed by atoms with van der Waals surface area (Å²) in [4.78, 5) is 13.9. The van der Waals surface area contributed by atoms with Crippen LogP contribution in [0.3, 0.4) is 0 Å². The highest BCUT2D eigenvalue weighted by Crippen LogP contribution is 2.21. The van der Waals surface area contributed by atoms with Crippen molar-refractivity contribution in [2.75, 3.05) is 24.6 Å². The van der Waals surface area contributed by atoms with Crippen LogP contribution in [0.5, 0.6) is 0 Å². The Kier molecular flexibility index (Phi) is 4.88. The molecule has 1 saturated heterocycles. The van der Waals surface area contributed by atoms with Gasteiger partial charge in [0.2, 0.25) is 5.91 Å². The maximum Gasteiger partial charge on any atom is 0.238 e. The van der Waals surface area contributed by atoms with Gasteiger partial charge in [-0.1, -0.05) is 18.9 Å². The van der Waals surface area contributed by atoms with E-state index in [4.69, 9.17) is 5.73 Å². The highest BCUT2D eigenvalue weighted by Gasteiger charge is 2.25. The molecule has 0 aromatic heterocycles. The van der Waals surface area contributed by atoms with Crippen LogP contribution in [-0.4, -0.2) is 38.1 Å². The minimum absolute atomic E-state index is 0.0521. The van der Waals surface area contributed by atoms with Gasteiger partial charge >= 0.3 is 0 Å². The van der Waals surface area contributed by atoms with E-state index in [0.29, 0.717) is 13.1 Å². The first-order chi connectivity index (χ1) is 9.90. The molecule has 6 heteroatoms. The fourth-order valence-corrected chi connectivity index (χ4v) is 3.96. The van der Waals surface area contributed by atoms with Crippen molar-refractivity contribution in [3.8, 4) is 0 Å². The molecule has 1 aromatic rings. The highest BCUT2D eigenvalue weighted by atomic mass is 32.2. The Morgan fingerprint density at radius 1 is 1.19 bits per heavy atom. The Morgan fingerprint density at radius 3 is 2.38 bits per heavy atom. The lowest BCUT2D eigenvalue weighted by molar-refractivity contribution is -0.128. The third-order valence-electron chi connectivity index (χ3n) is 3.77. The summed E-state index contributed by atoms with van der Waals surface area (Å²) in [5.74, 6) is -0.822. The Hall–Kier alpha value is -1.56. The van der Waals surface area contributed by atoms with E-state index in [2.05, 4.69) is 0 Å². The molecule has 5 nitrogen and oxygen atoms in total. The lowest BCUT2D eigenvalue weighted by atomic mass is 10.2. The first kappa shape index (κ1) is 15.8. The van der Waals surface area contributed by atoms with Gasteiger partial charge in [-0.05, 0) is 37.5 Å². The zero-order valence-electron chi connectivity index (χ0n) is 12.3. The van der Waals surface area contributed by atoms with Gasteiger partial charge in [0.05, 0.1) is 10.6 Å². The third-order valence-corrected chi connectivity index (χ3v) is 5.44. The second-order valence-corrected chi connectivity index (χ2v) is 7.55. The molecular formula is C15H22N2O3S. The van der Waals surface area contributed by atoms with E-state index in [-0.39, 0.29) is 16.5 Å². The third kappa shape index (κ3) is 3.97. The SMILES string of the molecule is Cc1ccc(S(=O)(=O)CC(=O)N2CCCCCC2)c(N)c1. The summed E-state index contributed by atoms with van der Waals surface area (Å²) in [6.07, 6.45) is 4.08. The monoisotopic (exact) mass is 310 g/mol. The van der Waals surface area contributed by atoms with Crippen LogP contribution in [0.2, 0.25) is 0 Å². The second kappa shape index (κ2) is 6.47. The van der Waals surface area contributed by atoms with Gasteiger partial charge < -0.3 is 10.6 Å². The summed E-state index contributed by atoms with van der Waals surface area (Å²) >= 11 is 0. The van der Waals surface area contributed by atoms with E-state index in [1.54, 1.807) is 17.0 Å². The Labute approximate surface area is 126 Å². The smallest absolute Gasteiger partial charge is 0.238 e. The van der Waals surface area contributed by atoms with Gasteiger partial charge in [0.1, 0.15) is 5.75 Å². The number of rotatable bonds is 3. The van der Waals surface area contributed by atoms with Gasteiger partial charge in [-0.15, -0.1) is 0 Å². The first-order valence-electron chi connectivity index (χ1n) is 7.27. The van der Waals surface area contributed by atoms with Crippen LogP contribution in [0.1, 0.15) is 31.2 Å². The Bertz CT molecular complexity index is 618. The topological polar surface area (TPSA) is 80.5 Å². The molecule has 1 fully saturated rings. The Morgan fingerprint density at radius 2 is 1.81 bits per heavy atom. The molecule has 1 aliphatic rings. The fraction of sp³-hybridized carbons (Fsp3) is 0.533. The summed E-state index contributed by atoms with van der Waals surface area (Å²) in [6, 6.07) is 4.79. The molecule has 0 unspecified atom stereocenters. The number of aryl methyl sites for hydroxylation is 1. The van der Waals surface area contributed by atoms with E-state index in [0.717, 1.165) is 31.2 Å². The lowest BCUT2D eigenvalue weighted by Crippen LogP contribution is -2.36. The number of anilines is 1. The van der Waals surface area contributed by atoms with Gasteiger partial charge in [-0.2, -0.15) is 0 Å². The van der Waals surface area contributed by atoms with Crippen LogP contribution in [0.4, 0.5) is 5.69 Å². The van der Waals surface area contributed by atoms with Crippen molar-refractivity contribution >= 4 is 21.4 Å². The van der Waals surface area contributed by atoms with Crippen molar-refractivity contribution in [2.45, 2.75) is 37.5 Å². The van der Waals surface area contributed by atoms with Crippen molar-refractivity contribution in [2.24, 2.45) is 0 Å².